The molecule has 0 unspecified atom stereocenters. The van der Waals surface area contributed by atoms with Crippen LogP contribution in [0.4, 0.5) is 5.69 Å². The smallest absolute Gasteiger partial charge is 0.337 e. The van der Waals surface area contributed by atoms with Gasteiger partial charge in [0.25, 0.3) is 0 Å². The minimum absolute atomic E-state index is 0.0163. The highest BCUT2D eigenvalue weighted by atomic mass is 32.2. The van der Waals surface area contributed by atoms with Gasteiger partial charge in [0.05, 0.1) is 18.4 Å². The first-order valence-electron chi connectivity index (χ1n) is 5.83. The van der Waals surface area contributed by atoms with Gasteiger partial charge < -0.3 is 10.5 Å². The summed E-state index contributed by atoms with van der Waals surface area (Å²) < 4.78 is 30.9. The normalized spacial score (nSPS) is 10.8. The zero-order chi connectivity index (χ0) is 15.2. The second kappa shape index (κ2) is 6.93. The third-order valence-corrected chi connectivity index (χ3v) is 4.05. The molecular formula is C13H16N2O4S. The Labute approximate surface area is 118 Å². The summed E-state index contributed by atoms with van der Waals surface area (Å²) in [5.74, 6) is 1.84. The number of anilines is 1. The maximum atomic E-state index is 12.0. The number of unbranched alkanes of at least 4 members (excludes halogenated alkanes) is 1. The molecule has 0 amide bonds. The molecule has 1 rings (SSSR count). The first kappa shape index (κ1) is 16.0. The van der Waals surface area contributed by atoms with Gasteiger partial charge >= 0.3 is 5.97 Å². The van der Waals surface area contributed by atoms with E-state index >= 15 is 0 Å². The zero-order valence-electron chi connectivity index (χ0n) is 11.0. The van der Waals surface area contributed by atoms with E-state index < -0.39 is 16.0 Å². The van der Waals surface area contributed by atoms with Crippen LogP contribution in [0.15, 0.2) is 23.1 Å². The number of rotatable bonds is 6. The summed E-state index contributed by atoms with van der Waals surface area (Å²) in [6, 6.07) is 3.88. The Morgan fingerprint density at radius 3 is 2.75 bits per heavy atom. The zero-order valence-corrected chi connectivity index (χ0v) is 11.9. The fourth-order valence-electron chi connectivity index (χ4n) is 1.51. The van der Waals surface area contributed by atoms with E-state index in [0.717, 1.165) is 0 Å². The summed E-state index contributed by atoms with van der Waals surface area (Å²) >= 11 is 0. The largest absolute Gasteiger partial charge is 0.465 e. The fraction of sp³-hybridized carbons (Fsp3) is 0.308. The monoisotopic (exact) mass is 296 g/mol. The van der Waals surface area contributed by atoms with Crippen LogP contribution in [0.5, 0.6) is 0 Å². The molecule has 0 aliphatic heterocycles. The molecule has 6 nitrogen and oxygen atoms in total. The highest BCUT2D eigenvalue weighted by Gasteiger charge is 2.18. The standard InChI is InChI=1S/C13H16N2O4S/c1-3-4-5-8-15-20(17,18)12-7-6-10(9-11(12)14)13(16)19-2/h1,6-7,9,15H,4-5,8,14H2,2H3. The lowest BCUT2D eigenvalue weighted by molar-refractivity contribution is 0.0600. The summed E-state index contributed by atoms with van der Waals surface area (Å²) in [4.78, 5) is 11.2. The number of hydrogen-bond acceptors (Lipinski definition) is 5. The summed E-state index contributed by atoms with van der Waals surface area (Å²) in [6.45, 7) is 0.227. The highest BCUT2D eigenvalue weighted by molar-refractivity contribution is 7.89. The first-order chi connectivity index (χ1) is 9.42. The molecule has 0 aliphatic rings. The van der Waals surface area contributed by atoms with Crippen molar-refractivity contribution in [2.24, 2.45) is 0 Å². The van der Waals surface area contributed by atoms with Gasteiger partial charge in [-0.15, -0.1) is 12.3 Å². The van der Waals surface area contributed by atoms with Crippen LogP contribution in [-0.2, 0) is 14.8 Å². The topological polar surface area (TPSA) is 98.5 Å². The molecule has 0 aromatic heterocycles. The number of ether oxygens (including phenoxy) is 1. The van der Waals surface area contributed by atoms with Gasteiger partial charge in [-0.05, 0) is 24.6 Å². The number of hydrogen-bond donors (Lipinski definition) is 2. The fourth-order valence-corrected chi connectivity index (χ4v) is 2.70. The molecule has 0 bridgehead atoms. The van der Waals surface area contributed by atoms with E-state index in [4.69, 9.17) is 12.2 Å². The second-order valence-corrected chi connectivity index (χ2v) is 5.69. The van der Waals surface area contributed by atoms with E-state index in [2.05, 4.69) is 15.4 Å². The van der Waals surface area contributed by atoms with Gasteiger partial charge in [-0.1, -0.05) is 0 Å². The molecule has 0 heterocycles. The average Bonchev–Trinajstić information content (AvgIpc) is 2.42. The molecule has 0 saturated carbocycles. The minimum atomic E-state index is -3.72. The molecule has 0 spiro atoms. The van der Waals surface area contributed by atoms with E-state index in [1.165, 1.54) is 25.3 Å². The molecule has 108 valence electrons. The van der Waals surface area contributed by atoms with Gasteiger partial charge in [-0.2, -0.15) is 0 Å². The van der Waals surface area contributed by atoms with Crippen molar-refractivity contribution in [2.75, 3.05) is 19.4 Å². The predicted molar refractivity (Wildman–Crippen MR) is 75.4 cm³/mol. The quantitative estimate of drug-likeness (QED) is 0.349. The minimum Gasteiger partial charge on any atom is -0.465 e. The Morgan fingerprint density at radius 1 is 1.50 bits per heavy atom. The molecule has 0 fully saturated rings. The maximum Gasteiger partial charge on any atom is 0.337 e. The second-order valence-electron chi connectivity index (χ2n) is 3.95. The van der Waals surface area contributed by atoms with Crippen molar-refractivity contribution in [3.8, 4) is 12.3 Å². The van der Waals surface area contributed by atoms with Gasteiger partial charge in [-0.3, -0.25) is 0 Å². The van der Waals surface area contributed by atoms with E-state index in [9.17, 15) is 13.2 Å². The number of nitrogens with two attached hydrogens (primary N) is 1. The lowest BCUT2D eigenvalue weighted by Crippen LogP contribution is -2.25. The highest BCUT2D eigenvalue weighted by Crippen LogP contribution is 2.20. The number of carbonyl (C=O) groups is 1. The van der Waals surface area contributed by atoms with Gasteiger partial charge in [0, 0.05) is 13.0 Å². The van der Waals surface area contributed by atoms with Crippen molar-refractivity contribution in [3.05, 3.63) is 23.8 Å². The molecule has 0 radical (unpaired) electrons. The summed E-state index contributed by atoms with van der Waals surface area (Å²) in [7, 11) is -2.48. The summed E-state index contributed by atoms with van der Waals surface area (Å²) in [5.41, 5.74) is 5.85. The van der Waals surface area contributed by atoms with Gasteiger partial charge in [0.2, 0.25) is 10.0 Å². The third kappa shape index (κ3) is 3.98. The number of terminal acetylenes is 1. The Morgan fingerprint density at radius 2 is 2.20 bits per heavy atom. The van der Waals surface area contributed by atoms with E-state index in [-0.39, 0.29) is 22.7 Å². The third-order valence-electron chi connectivity index (χ3n) is 2.51. The lowest BCUT2D eigenvalue weighted by atomic mass is 10.2. The van der Waals surface area contributed by atoms with Crippen LogP contribution in [0.3, 0.4) is 0 Å². The summed E-state index contributed by atoms with van der Waals surface area (Å²) in [5, 5.41) is 0. The first-order valence-corrected chi connectivity index (χ1v) is 7.31. The van der Waals surface area contributed by atoms with Gasteiger partial charge in [0.1, 0.15) is 4.90 Å². The van der Waals surface area contributed by atoms with Gasteiger partial charge in [-0.25, -0.2) is 17.9 Å². The van der Waals surface area contributed by atoms with Crippen molar-refractivity contribution >= 4 is 21.7 Å². The SMILES string of the molecule is C#CCCCNS(=O)(=O)c1ccc(C(=O)OC)cc1N. The number of methoxy groups -OCH3 is 1. The van der Waals surface area contributed by atoms with E-state index in [1.807, 2.05) is 0 Å². The Kier molecular flexibility index (Phi) is 5.55. The molecule has 0 aliphatic carbocycles. The Balaban J connectivity index is 2.91. The molecule has 7 heteroatoms. The molecule has 20 heavy (non-hydrogen) atoms. The maximum absolute atomic E-state index is 12.0. The number of nitrogen functional groups attached to an aromatic ring is 1. The molecule has 0 saturated heterocycles. The Hall–Kier alpha value is -2.04. The van der Waals surface area contributed by atoms with Crippen LogP contribution in [0.2, 0.25) is 0 Å². The molecule has 1 aromatic carbocycles. The number of sulfonamides is 1. The average molecular weight is 296 g/mol. The van der Waals surface area contributed by atoms with Crippen LogP contribution in [-0.4, -0.2) is 28.0 Å². The van der Waals surface area contributed by atoms with Crippen LogP contribution in [0, 0.1) is 12.3 Å². The lowest BCUT2D eigenvalue weighted by Gasteiger charge is -2.09. The van der Waals surface area contributed by atoms with Crippen molar-refractivity contribution in [1.82, 2.24) is 4.72 Å². The Bertz CT molecular complexity index is 632. The van der Waals surface area contributed by atoms with Crippen molar-refractivity contribution < 1.29 is 17.9 Å². The number of nitrogens with one attached hydrogen (secondary N) is 1. The molecule has 1 aromatic rings. The van der Waals surface area contributed by atoms with Crippen LogP contribution < -0.4 is 10.5 Å². The van der Waals surface area contributed by atoms with E-state index in [0.29, 0.717) is 12.8 Å². The molecular weight excluding hydrogens is 280 g/mol. The predicted octanol–water partition coefficient (Wildman–Crippen LogP) is 0.747. The van der Waals surface area contributed by atoms with Crippen molar-refractivity contribution in [1.29, 1.82) is 0 Å². The van der Waals surface area contributed by atoms with Crippen molar-refractivity contribution in [3.63, 3.8) is 0 Å². The summed E-state index contributed by atoms with van der Waals surface area (Å²) in [6.07, 6.45) is 6.10. The molecule has 0 atom stereocenters. The number of carbonyl (C=O) groups excluding carboxylic acids is 1. The van der Waals surface area contributed by atoms with Crippen LogP contribution in [0.25, 0.3) is 0 Å². The van der Waals surface area contributed by atoms with Crippen molar-refractivity contribution in [2.45, 2.75) is 17.7 Å². The number of esters is 1. The van der Waals surface area contributed by atoms with Gasteiger partial charge in [0.15, 0.2) is 0 Å². The number of benzene rings is 1. The molecule has 3 N–H and O–H groups in total. The van der Waals surface area contributed by atoms with Crippen LogP contribution in [0.1, 0.15) is 23.2 Å². The van der Waals surface area contributed by atoms with Crippen LogP contribution >= 0.6 is 0 Å². The van der Waals surface area contributed by atoms with E-state index in [1.54, 1.807) is 0 Å².